The lowest BCUT2D eigenvalue weighted by molar-refractivity contribution is 0.0198. The molecule has 2 aromatic carbocycles. The first-order chi connectivity index (χ1) is 22.4. The predicted molar refractivity (Wildman–Crippen MR) is 173 cm³/mol. The van der Waals surface area contributed by atoms with Gasteiger partial charge in [-0.2, -0.15) is 9.97 Å². The molecule has 1 N–H and O–H groups in total. The van der Waals surface area contributed by atoms with E-state index in [1.165, 1.54) is 6.07 Å². The molecule has 4 aliphatic rings. The van der Waals surface area contributed by atoms with Gasteiger partial charge in [0.25, 0.3) is 0 Å². The smallest absolute Gasteiger partial charge is 0.410 e. The van der Waals surface area contributed by atoms with E-state index in [1.54, 1.807) is 17.2 Å². The number of aromatic nitrogens is 3. The second-order valence-electron chi connectivity index (χ2n) is 14.8. The molecule has 0 bridgehead atoms. The van der Waals surface area contributed by atoms with Crippen molar-refractivity contribution in [2.24, 2.45) is 5.92 Å². The molecule has 246 valence electrons. The van der Waals surface area contributed by atoms with Gasteiger partial charge in [0.15, 0.2) is 5.82 Å². The van der Waals surface area contributed by atoms with Crippen molar-refractivity contribution in [2.75, 3.05) is 32.8 Å². The van der Waals surface area contributed by atoms with E-state index in [-0.39, 0.29) is 47.0 Å². The number of piperidine rings is 1. The van der Waals surface area contributed by atoms with Crippen LogP contribution in [-0.4, -0.2) is 86.0 Å². The summed E-state index contributed by atoms with van der Waals surface area (Å²) in [5.74, 6) is -0.512. The molecule has 0 radical (unpaired) electrons. The van der Waals surface area contributed by atoms with Gasteiger partial charge in [0.05, 0.1) is 11.2 Å². The van der Waals surface area contributed by atoms with E-state index in [2.05, 4.69) is 14.9 Å². The van der Waals surface area contributed by atoms with E-state index in [4.69, 9.17) is 14.5 Å². The summed E-state index contributed by atoms with van der Waals surface area (Å²) in [6, 6.07) is 10.7. The Morgan fingerprint density at radius 2 is 1.91 bits per heavy atom. The molecule has 5 heterocycles. The number of hydrogen-bond acceptors (Lipinski definition) is 8. The van der Waals surface area contributed by atoms with Crippen molar-refractivity contribution in [3.05, 3.63) is 54.1 Å². The number of phenolic OH excluding ortho intramolecular Hbond substituents is 1. The number of hydrogen-bond donors (Lipinski definition) is 1. The third-order valence-corrected chi connectivity index (χ3v) is 10.6. The highest BCUT2D eigenvalue weighted by molar-refractivity contribution is 5.99. The number of carbonyl (C=O) groups excluding carboxylic acids is 1. The van der Waals surface area contributed by atoms with Crippen LogP contribution in [0, 0.1) is 11.7 Å². The summed E-state index contributed by atoms with van der Waals surface area (Å²) < 4.78 is 43.3. The molecule has 4 fully saturated rings. The summed E-state index contributed by atoms with van der Waals surface area (Å²) in [4.78, 5) is 31.0. The Morgan fingerprint density at radius 3 is 2.72 bits per heavy atom. The normalized spacial score (nSPS) is 27.2. The van der Waals surface area contributed by atoms with Crippen molar-refractivity contribution >= 4 is 27.8 Å². The molecule has 9 nitrogen and oxygen atoms in total. The van der Waals surface area contributed by atoms with Crippen LogP contribution in [0.4, 0.5) is 13.6 Å². The molecule has 2 aromatic heterocycles. The van der Waals surface area contributed by atoms with Crippen molar-refractivity contribution in [3.63, 3.8) is 0 Å². The minimum atomic E-state index is -0.906. The van der Waals surface area contributed by atoms with E-state index >= 15 is 4.39 Å². The Bertz CT molecular complexity index is 1920. The number of phenols is 1. The Kier molecular flexibility index (Phi) is 6.88. The third-order valence-electron chi connectivity index (χ3n) is 10.6. The molecule has 1 amide bonds. The fourth-order valence-corrected chi connectivity index (χ4v) is 8.33. The van der Waals surface area contributed by atoms with Gasteiger partial charge in [-0.05, 0) is 81.8 Å². The summed E-state index contributed by atoms with van der Waals surface area (Å²) in [7, 11) is 0. The molecule has 4 atom stereocenters. The van der Waals surface area contributed by atoms with Gasteiger partial charge in [0.2, 0.25) is 0 Å². The van der Waals surface area contributed by atoms with Crippen LogP contribution < -0.4 is 4.74 Å². The number of ether oxygens (including phenoxy) is 2. The van der Waals surface area contributed by atoms with E-state index in [1.807, 2.05) is 45.0 Å². The first kappa shape index (κ1) is 30.2. The number of nitrogens with zero attached hydrogens (tertiary/aromatic N) is 5. The number of amides is 1. The minimum Gasteiger partial charge on any atom is -0.508 e. The lowest BCUT2D eigenvalue weighted by Crippen LogP contribution is -2.44. The quantitative estimate of drug-likeness (QED) is 0.262. The molecular weight excluding hydrogens is 604 g/mol. The Balaban J connectivity index is 1.20. The number of halogens is 2. The van der Waals surface area contributed by atoms with Gasteiger partial charge >= 0.3 is 12.1 Å². The molecular formula is C36H39F2N5O4. The molecule has 3 aliphatic heterocycles. The summed E-state index contributed by atoms with van der Waals surface area (Å²) in [5.41, 5.74) is -0.118. The second-order valence-corrected chi connectivity index (χ2v) is 14.8. The highest BCUT2D eigenvalue weighted by atomic mass is 19.1. The maximum Gasteiger partial charge on any atom is 0.410 e. The Morgan fingerprint density at radius 1 is 1.09 bits per heavy atom. The van der Waals surface area contributed by atoms with Gasteiger partial charge in [0.1, 0.15) is 35.3 Å². The van der Waals surface area contributed by atoms with Crippen LogP contribution >= 0.6 is 0 Å². The monoisotopic (exact) mass is 643 g/mol. The van der Waals surface area contributed by atoms with Crippen LogP contribution in [0.3, 0.4) is 0 Å². The molecule has 3 saturated heterocycles. The molecule has 47 heavy (non-hydrogen) atoms. The van der Waals surface area contributed by atoms with Gasteiger partial charge in [0, 0.05) is 48.6 Å². The standard InChI is InChI=1S/C36H39F2N5O4/c1-34(2,3)47-33(45)42-12-10-36(15-22(36)18-42)31-27-17-39-29(26-14-24(44)13-21-7-4-5-8-25(21)26)28(38)30(27)40-32(41-31)46-20-35-9-6-11-43(35)19-23(37)16-35/h4-5,7-8,13-14,17,22-23,44H,6,9-12,15-16,18-20H2,1-3H3/t22?,23-,35+,36?/m1/s1. The number of pyridine rings is 1. The van der Waals surface area contributed by atoms with Crippen molar-refractivity contribution in [1.82, 2.24) is 24.8 Å². The molecule has 8 rings (SSSR count). The number of likely N-dealkylation sites (tertiary alicyclic amines) is 1. The summed E-state index contributed by atoms with van der Waals surface area (Å²) >= 11 is 0. The molecule has 1 saturated carbocycles. The van der Waals surface area contributed by atoms with E-state index in [0.29, 0.717) is 49.1 Å². The van der Waals surface area contributed by atoms with Crippen LogP contribution in [0.25, 0.3) is 32.9 Å². The zero-order chi connectivity index (χ0) is 32.7. The van der Waals surface area contributed by atoms with Crippen molar-refractivity contribution < 1.29 is 28.2 Å². The van der Waals surface area contributed by atoms with Crippen LogP contribution in [0.15, 0.2) is 42.6 Å². The van der Waals surface area contributed by atoms with Gasteiger partial charge in [-0.3, -0.25) is 9.88 Å². The van der Waals surface area contributed by atoms with E-state index in [0.717, 1.165) is 36.6 Å². The molecule has 2 unspecified atom stereocenters. The number of fused-ring (bicyclic) bond motifs is 4. The minimum absolute atomic E-state index is 0.00644. The molecule has 4 aromatic rings. The van der Waals surface area contributed by atoms with Gasteiger partial charge < -0.3 is 19.5 Å². The summed E-state index contributed by atoms with van der Waals surface area (Å²) in [5, 5.41) is 12.5. The van der Waals surface area contributed by atoms with Crippen molar-refractivity contribution in [1.29, 1.82) is 0 Å². The second kappa shape index (κ2) is 10.7. The number of carbonyl (C=O) groups is 1. The zero-order valence-corrected chi connectivity index (χ0v) is 26.9. The summed E-state index contributed by atoms with van der Waals surface area (Å²) in [6.45, 7) is 7.99. The average molecular weight is 644 g/mol. The Labute approximate surface area is 271 Å². The first-order valence-corrected chi connectivity index (χ1v) is 16.5. The van der Waals surface area contributed by atoms with E-state index in [9.17, 15) is 14.3 Å². The van der Waals surface area contributed by atoms with Gasteiger partial charge in [-0.15, -0.1) is 0 Å². The number of benzene rings is 2. The number of alkyl halides is 1. The van der Waals surface area contributed by atoms with Crippen molar-refractivity contribution in [2.45, 2.75) is 75.6 Å². The maximum absolute atomic E-state index is 16.8. The fraction of sp³-hybridized carbons (Fsp3) is 0.500. The SMILES string of the molecule is CC(C)(C)OC(=O)N1CCC2(c3nc(OC[C@@]45CCCN4C[C@H](F)C5)nc4c(F)c(-c5cc(O)cc6ccccc56)ncc34)CC2C1. The highest BCUT2D eigenvalue weighted by Gasteiger charge is 2.60. The lowest BCUT2D eigenvalue weighted by atomic mass is 9.89. The topological polar surface area (TPSA) is 101 Å². The number of aromatic hydroxyl groups is 1. The highest BCUT2D eigenvalue weighted by Crippen LogP contribution is 2.60. The Hall–Kier alpha value is -4.12. The third kappa shape index (κ3) is 5.14. The maximum atomic E-state index is 16.8. The zero-order valence-electron chi connectivity index (χ0n) is 26.9. The van der Waals surface area contributed by atoms with Crippen LogP contribution in [0.2, 0.25) is 0 Å². The molecule has 1 aliphatic carbocycles. The van der Waals surface area contributed by atoms with Crippen LogP contribution in [0.5, 0.6) is 11.8 Å². The fourth-order valence-electron chi connectivity index (χ4n) is 8.33. The lowest BCUT2D eigenvalue weighted by Gasteiger charge is -2.33. The first-order valence-electron chi connectivity index (χ1n) is 16.5. The van der Waals surface area contributed by atoms with Gasteiger partial charge in [-0.1, -0.05) is 24.3 Å². The summed E-state index contributed by atoms with van der Waals surface area (Å²) in [6.07, 6.45) is 3.98. The van der Waals surface area contributed by atoms with Crippen LogP contribution in [-0.2, 0) is 10.2 Å². The van der Waals surface area contributed by atoms with E-state index < -0.39 is 23.1 Å². The van der Waals surface area contributed by atoms with Crippen molar-refractivity contribution in [3.8, 4) is 23.0 Å². The molecule has 11 heteroatoms. The molecule has 0 spiro atoms. The predicted octanol–water partition coefficient (Wildman–Crippen LogP) is 6.54. The van der Waals surface area contributed by atoms with Crippen LogP contribution in [0.1, 0.15) is 58.6 Å². The number of rotatable bonds is 5. The van der Waals surface area contributed by atoms with Gasteiger partial charge in [-0.25, -0.2) is 13.6 Å². The largest absolute Gasteiger partial charge is 0.508 e. The average Bonchev–Trinajstić information content (AvgIpc) is 3.52.